The molecule has 0 aromatic heterocycles. The lowest BCUT2D eigenvalue weighted by molar-refractivity contribution is 0.147. The van der Waals surface area contributed by atoms with Gasteiger partial charge in [-0.25, -0.2) is 4.79 Å². The molecule has 1 amide bonds. The number of amides is 1. The van der Waals surface area contributed by atoms with Crippen LogP contribution in [0.3, 0.4) is 0 Å². The van der Waals surface area contributed by atoms with Gasteiger partial charge in [-0.2, -0.15) is 5.26 Å². The zero-order valence-corrected chi connectivity index (χ0v) is 8.18. The van der Waals surface area contributed by atoms with Crippen molar-refractivity contribution < 1.29 is 9.53 Å². The number of ether oxygens (including phenoxy) is 1. The van der Waals surface area contributed by atoms with Gasteiger partial charge in [-0.1, -0.05) is 13.8 Å². The maximum absolute atomic E-state index is 11.1. The average molecular weight is 182 g/mol. The fraction of sp³-hybridized carbons (Fsp3) is 0.778. The first-order valence-electron chi connectivity index (χ1n) is 4.33. The SMILES string of the molecule is CCOC(=O)NC1(C#N)CC1(C)C. The van der Waals surface area contributed by atoms with Crippen LogP contribution in [0.2, 0.25) is 0 Å². The fourth-order valence-electron chi connectivity index (χ4n) is 1.39. The average Bonchev–Trinajstić information content (AvgIpc) is 2.54. The van der Waals surface area contributed by atoms with E-state index >= 15 is 0 Å². The smallest absolute Gasteiger partial charge is 0.408 e. The number of hydrogen-bond donors (Lipinski definition) is 1. The van der Waals surface area contributed by atoms with Crippen LogP contribution in [0.1, 0.15) is 27.2 Å². The van der Waals surface area contributed by atoms with E-state index in [4.69, 9.17) is 10.00 Å². The van der Waals surface area contributed by atoms with Crippen LogP contribution < -0.4 is 5.32 Å². The Hall–Kier alpha value is -1.24. The van der Waals surface area contributed by atoms with E-state index in [0.29, 0.717) is 13.0 Å². The molecule has 4 nitrogen and oxygen atoms in total. The molecule has 4 heteroatoms. The second-order valence-electron chi connectivity index (χ2n) is 3.92. The zero-order chi connectivity index (χ0) is 10.1. The Morgan fingerprint density at radius 1 is 1.69 bits per heavy atom. The number of nitriles is 1. The highest BCUT2D eigenvalue weighted by atomic mass is 16.5. The van der Waals surface area contributed by atoms with E-state index < -0.39 is 11.6 Å². The fourth-order valence-corrected chi connectivity index (χ4v) is 1.39. The third-order valence-electron chi connectivity index (χ3n) is 2.52. The van der Waals surface area contributed by atoms with Crippen LogP contribution in [0, 0.1) is 16.7 Å². The van der Waals surface area contributed by atoms with Crippen molar-refractivity contribution in [2.24, 2.45) is 5.41 Å². The summed E-state index contributed by atoms with van der Waals surface area (Å²) in [4.78, 5) is 11.1. The van der Waals surface area contributed by atoms with Crippen molar-refractivity contribution in [3.8, 4) is 6.07 Å². The van der Waals surface area contributed by atoms with E-state index in [-0.39, 0.29) is 5.41 Å². The summed E-state index contributed by atoms with van der Waals surface area (Å²) in [6.45, 7) is 5.95. The molecule has 1 aliphatic rings. The van der Waals surface area contributed by atoms with Gasteiger partial charge in [-0.05, 0) is 13.3 Å². The first-order chi connectivity index (χ1) is 5.97. The van der Waals surface area contributed by atoms with Crippen LogP contribution in [-0.4, -0.2) is 18.2 Å². The maximum Gasteiger partial charge on any atom is 0.408 e. The second kappa shape index (κ2) is 2.91. The van der Waals surface area contributed by atoms with Crippen LogP contribution in [0.4, 0.5) is 4.79 Å². The van der Waals surface area contributed by atoms with Gasteiger partial charge >= 0.3 is 6.09 Å². The number of carbonyl (C=O) groups excluding carboxylic acids is 1. The van der Waals surface area contributed by atoms with Crippen molar-refractivity contribution >= 4 is 6.09 Å². The summed E-state index contributed by atoms with van der Waals surface area (Å²) >= 11 is 0. The number of hydrogen-bond acceptors (Lipinski definition) is 3. The van der Waals surface area contributed by atoms with Gasteiger partial charge in [-0.15, -0.1) is 0 Å². The third kappa shape index (κ3) is 1.59. The van der Waals surface area contributed by atoms with Gasteiger partial charge in [0.2, 0.25) is 0 Å². The molecule has 0 aromatic carbocycles. The van der Waals surface area contributed by atoms with Crippen molar-refractivity contribution in [3.63, 3.8) is 0 Å². The third-order valence-corrected chi connectivity index (χ3v) is 2.52. The molecular weight excluding hydrogens is 168 g/mol. The Balaban J connectivity index is 2.55. The largest absolute Gasteiger partial charge is 0.450 e. The molecule has 0 saturated heterocycles. The van der Waals surface area contributed by atoms with E-state index in [0.717, 1.165) is 0 Å². The van der Waals surface area contributed by atoms with Gasteiger partial charge < -0.3 is 10.1 Å². The van der Waals surface area contributed by atoms with Crippen LogP contribution in [-0.2, 0) is 4.74 Å². The standard InChI is InChI=1S/C9H14N2O2/c1-4-13-7(12)11-9(6-10)5-8(9,2)3/h4-5H2,1-3H3,(H,11,12). The number of carbonyl (C=O) groups is 1. The Labute approximate surface area is 77.9 Å². The first-order valence-corrected chi connectivity index (χ1v) is 4.33. The highest BCUT2D eigenvalue weighted by Gasteiger charge is 2.63. The maximum atomic E-state index is 11.1. The molecule has 1 atom stereocenters. The molecule has 0 aliphatic heterocycles. The highest BCUT2D eigenvalue weighted by molar-refractivity contribution is 5.70. The molecule has 0 bridgehead atoms. The molecule has 1 rings (SSSR count). The summed E-state index contributed by atoms with van der Waals surface area (Å²) in [6, 6.07) is 2.12. The zero-order valence-electron chi connectivity index (χ0n) is 8.18. The Bertz CT molecular complexity index is 267. The van der Waals surface area contributed by atoms with Crippen molar-refractivity contribution in [2.75, 3.05) is 6.61 Å². The predicted molar refractivity (Wildman–Crippen MR) is 46.9 cm³/mol. The molecule has 1 fully saturated rings. The van der Waals surface area contributed by atoms with Crippen molar-refractivity contribution in [1.29, 1.82) is 5.26 Å². The monoisotopic (exact) mass is 182 g/mol. The minimum Gasteiger partial charge on any atom is -0.450 e. The molecule has 1 unspecified atom stereocenters. The molecular formula is C9H14N2O2. The molecule has 0 radical (unpaired) electrons. The first kappa shape index (κ1) is 9.85. The van der Waals surface area contributed by atoms with Crippen LogP contribution >= 0.6 is 0 Å². The molecule has 1 aliphatic carbocycles. The van der Waals surface area contributed by atoms with Gasteiger partial charge in [0.15, 0.2) is 0 Å². The quantitative estimate of drug-likeness (QED) is 0.702. The molecule has 13 heavy (non-hydrogen) atoms. The second-order valence-corrected chi connectivity index (χ2v) is 3.92. The predicted octanol–water partition coefficient (Wildman–Crippen LogP) is 1.42. The Kier molecular flexibility index (Phi) is 2.21. The lowest BCUT2D eigenvalue weighted by atomic mass is 10.1. The lowest BCUT2D eigenvalue weighted by Crippen LogP contribution is -2.39. The molecule has 0 spiro atoms. The molecule has 72 valence electrons. The summed E-state index contributed by atoms with van der Waals surface area (Å²) in [5, 5.41) is 11.5. The van der Waals surface area contributed by atoms with Gasteiger partial charge in [-0.3, -0.25) is 0 Å². The number of alkyl carbamates (subject to hydrolysis) is 1. The van der Waals surface area contributed by atoms with Gasteiger partial charge in [0.1, 0.15) is 5.54 Å². The summed E-state index contributed by atoms with van der Waals surface area (Å²) in [7, 11) is 0. The summed E-state index contributed by atoms with van der Waals surface area (Å²) in [6.07, 6.45) is 0.185. The van der Waals surface area contributed by atoms with Crippen molar-refractivity contribution in [3.05, 3.63) is 0 Å². The molecule has 1 saturated carbocycles. The van der Waals surface area contributed by atoms with E-state index in [2.05, 4.69) is 11.4 Å². The number of rotatable bonds is 2. The van der Waals surface area contributed by atoms with Crippen LogP contribution in [0.15, 0.2) is 0 Å². The van der Waals surface area contributed by atoms with Gasteiger partial charge in [0.05, 0.1) is 12.7 Å². The number of nitrogens with one attached hydrogen (secondary N) is 1. The van der Waals surface area contributed by atoms with Crippen molar-refractivity contribution in [2.45, 2.75) is 32.7 Å². The highest BCUT2D eigenvalue weighted by Crippen LogP contribution is 2.55. The van der Waals surface area contributed by atoms with Crippen LogP contribution in [0.25, 0.3) is 0 Å². The molecule has 1 N–H and O–H groups in total. The lowest BCUT2D eigenvalue weighted by Gasteiger charge is -2.13. The molecule has 0 heterocycles. The van der Waals surface area contributed by atoms with E-state index in [1.165, 1.54) is 0 Å². The van der Waals surface area contributed by atoms with Crippen LogP contribution in [0.5, 0.6) is 0 Å². The van der Waals surface area contributed by atoms with E-state index in [9.17, 15) is 4.79 Å². The van der Waals surface area contributed by atoms with Crippen molar-refractivity contribution in [1.82, 2.24) is 5.32 Å². The van der Waals surface area contributed by atoms with E-state index in [1.807, 2.05) is 13.8 Å². The normalized spacial score (nSPS) is 28.8. The summed E-state index contributed by atoms with van der Waals surface area (Å²) in [5.74, 6) is 0. The molecule has 0 aromatic rings. The minimum absolute atomic E-state index is 0.130. The Morgan fingerprint density at radius 2 is 2.23 bits per heavy atom. The van der Waals surface area contributed by atoms with E-state index in [1.54, 1.807) is 6.92 Å². The summed E-state index contributed by atoms with van der Waals surface area (Å²) in [5.41, 5.74) is -0.840. The topological polar surface area (TPSA) is 62.1 Å². The Morgan fingerprint density at radius 3 is 2.54 bits per heavy atom. The van der Waals surface area contributed by atoms with Gasteiger partial charge in [0, 0.05) is 5.41 Å². The van der Waals surface area contributed by atoms with Gasteiger partial charge in [0.25, 0.3) is 0 Å². The number of nitrogens with zero attached hydrogens (tertiary/aromatic N) is 1. The minimum atomic E-state index is -0.709. The summed E-state index contributed by atoms with van der Waals surface area (Å²) < 4.78 is 4.71.